The van der Waals surface area contributed by atoms with Gasteiger partial charge in [0.05, 0.1) is 19.8 Å². The monoisotopic (exact) mass is 594 g/mol. The molecule has 8 heteroatoms. The fourth-order valence-electron chi connectivity index (χ4n) is 6.53. The number of benzene rings is 3. The second-order valence-corrected chi connectivity index (χ2v) is 11.7. The van der Waals surface area contributed by atoms with Gasteiger partial charge in [-0.05, 0) is 73.5 Å². The molecule has 230 valence electrons. The predicted octanol–water partition coefficient (Wildman–Crippen LogP) is 4.25. The molecule has 0 aromatic heterocycles. The Morgan fingerprint density at radius 2 is 1.59 bits per heavy atom. The first kappa shape index (κ1) is 30.2. The number of nitrogens with one attached hydrogen (secondary N) is 1. The molecule has 2 N–H and O–H groups in total. The molecule has 3 aliphatic rings. The van der Waals surface area contributed by atoms with E-state index in [2.05, 4.69) is 51.2 Å². The molecule has 0 spiro atoms. The molecule has 3 aromatic rings. The van der Waals surface area contributed by atoms with E-state index < -0.39 is 0 Å². The number of carbonyl (C=O) groups is 1. The van der Waals surface area contributed by atoms with E-state index in [1.165, 1.54) is 5.56 Å². The van der Waals surface area contributed by atoms with Crippen LogP contribution in [0, 0.1) is 11.8 Å². The van der Waals surface area contributed by atoms with E-state index in [1.807, 2.05) is 59.5 Å². The summed E-state index contributed by atoms with van der Waals surface area (Å²) in [6.45, 7) is 7.32. The van der Waals surface area contributed by atoms with Crippen LogP contribution in [0.25, 0.3) is 0 Å². The Kier molecular flexibility index (Phi) is 10.1. The third-order valence-electron chi connectivity index (χ3n) is 8.96. The molecule has 3 atom stereocenters. The molecule has 3 fully saturated rings. The summed E-state index contributed by atoms with van der Waals surface area (Å²) in [7, 11) is 0. The van der Waals surface area contributed by atoms with Crippen LogP contribution in [-0.2, 0) is 4.74 Å². The number of aliphatic hydroxyl groups is 1. The van der Waals surface area contributed by atoms with Crippen molar-refractivity contribution in [2.45, 2.75) is 30.8 Å². The van der Waals surface area contributed by atoms with Crippen molar-refractivity contribution in [1.82, 2.24) is 14.7 Å². The number of nitrogens with zero attached hydrogens (tertiary/aromatic N) is 3. The minimum absolute atomic E-state index is 0.0556. The average Bonchev–Trinajstić information content (AvgIpc) is 3.05. The Morgan fingerprint density at radius 3 is 2.32 bits per heavy atom. The predicted molar refractivity (Wildman–Crippen MR) is 172 cm³/mol. The van der Waals surface area contributed by atoms with Gasteiger partial charge in [0.1, 0.15) is 12.4 Å². The van der Waals surface area contributed by atoms with Crippen molar-refractivity contribution >= 4 is 11.7 Å². The van der Waals surface area contributed by atoms with Crippen molar-refractivity contribution in [3.05, 3.63) is 95.6 Å². The van der Waals surface area contributed by atoms with E-state index >= 15 is 0 Å². The minimum Gasteiger partial charge on any atom is -0.492 e. The summed E-state index contributed by atoms with van der Waals surface area (Å²) in [5.74, 6) is 7.41. The maximum atomic E-state index is 13.5. The van der Waals surface area contributed by atoms with E-state index in [1.54, 1.807) is 0 Å². The van der Waals surface area contributed by atoms with Gasteiger partial charge in [0.2, 0.25) is 0 Å². The van der Waals surface area contributed by atoms with Gasteiger partial charge in [0, 0.05) is 67.5 Å². The zero-order valence-electron chi connectivity index (χ0n) is 25.2. The topological polar surface area (TPSA) is 77.5 Å². The Bertz CT molecular complexity index is 1410. The van der Waals surface area contributed by atoms with Crippen LogP contribution in [0.4, 0.5) is 10.5 Å². The van der Waals surface area contributed by atoms with Crippen molar-refractivity contribution in [1.29, 1.82) is 0 Å². The zero-order chi connectivity index (χ0) is 30.1. The van der Waals surface area contributed by atoms with Crippen LogP contribution in [0.2, 0.25) is 0 Å². The molecule has 3 saturated heterocycles. The highest BCUT2D eigenvalue weighted by molar-refractivity contribution is 5.89. The van der Waals surface area contributed by atoms with E-state index in [4.69, 9.17) is 9.47 Å². The molecule has 2 amide bonds. The highest BCUT2D eigenvalue weighted by atomic mass is 16.5. The van der Waals surface area contributed by atoms with Gasteiger partial charge in [0.25, 0.3) is 0 Å². The molecule has 3 aromatic carbocycles. The lowest BCUT2D eigenvalue weighted by Gasteiger charge is -2.57. The fourth-order valence-corrected chi connectivity index (χ4v) is 6.53. The fraction of sp³-hybridized carbons (Fsp3) is 0.417. The lowest BCUT2D eigenvalue weighted by molar-refractivity contribution is -0.0585. The summed E-state index contributed by atoms with van der Waals surface area (Å²) in [5.41, 5.74) is 3.88. The lowest BCUT2D eigenvalue weighted by atomic mass is 9.74. The maximum Gasteiger partial charge on any atom is 0.321 e. The largest absolute Gasteiger partial charge is 0.492 e. The smallest absolute Gasteiger partial charge is 0.321 e. The molecular formula is C36H42N4O4. The van der Waals surface area contributed by atoms with Crippen molar-refractivity contribution in [3.63, 3.8) is 0 Å². The minimum atomic E-state index is -0.0921. The molecule has 0 radical (unpaired) electrons. The molecule has 0 bridgehead atoms. The van der Waals surface area contributed by atoms with E-state index in [-0.39, 0.29) is 30.6 Å². The van der Waals surface area contributed by atoms with Gasteiger partial charge in [-0.25, -0.2) is 4.79 Å². The van der Waals surface area contributed by atoms with Gasteiger partial charge in [0.15, 0.2) is 0 Å². The number of aliphatic hydroxyl groups excluding tert-OH is 1. The third kappa shape index (κ3) is 7.43. The van der Waals surface area contributed by atoms with Crippen molar-refractivity contribution in [2.24, 2.45) is 0 Å². The van der Waals surface area contributed by atoms with Crippen LogP contribution < -0.4 is 10.1 Å². The summed E-state index contributed by atoms with van der Waals surface area (Å²) < 4.78 is 11.3. The number of morpholine rings is 1. The van der Waals surface area contributed by atoms with Crippen LogP contribution in [0.15, 0.2) is 78.9 Å². The molecule has 8 nitrogen and oxygen atoms in total. The molecule has 44 heavy (non-hydrogen) atoms. The second-order valence-electron chi connectivity index (χ2n) is 11.7. The van der Waals surface area contributed by atoms with Crippen molar-refractivity contribution < 1.29 is 19.4 Å². The highest BCUT2D eigenvalue weighted by Gasteiger charge is 2.49. The van der Waals surface area contributed by atoms with Crippen LogP contribution >= 0.6 is 0 Å². The van der Waals surface area contributed by atoms with Crippen molar-refractivity contribution in [3.8, 4) is 17.6 Å². The number of anilines is 1. The number of ether oxygens (including phenoxy) is 2. The number of fused-ring (bicyclic) bond motifs is 1. The normalized spacial score (nSPS) is 22.4. The lowest BCUT2D eigenvalue weighted by Crippen LogP contribution is -2.68. The Hall–Kier alpha value is -3.87. The number of carbonyl (C=O) groups excluding carboxylic acids is 1. The van der Waals surface area contributed by atoms with Crippen LogP contribution in [0.5, 0.6) is 5.75 Å². The molecule has 3 aliphatic heterocycles. The van der Waals surface area contributed by atoms with Gasteiger partial charge in [-0.2, -0.15) is 0 Å². The summed E-state index contributed by atoms with van der Waals surface area (Å²) >= 11 is 0. The Labute approximate surface area is 260 Å². The first-order chi connectivity index (χ1) is 21.7. The maximum absolute atomic E-state index is 13.5. The summed E-state index contributed by atoms with van der Waals surface area (Å²) in [4.78, 5) is 20.1. The van der Waals surface area contributed by atoms with Crippen molar-refractivity contribution in [2.75, 3.05) is 71.0 Å². The standard InChI is InChI=1S/C36H42N4O4/c41-27-34-35(30-12-10-29(11-13-30)9-8-28-6-2-1-3-7-28)33-26-39(18-4-5-19-40(33)34)36(42)37-31-14-16-32(17-15-31)44-25-22-38-20-23-43-24-21-38/h1-3,6-7,10-17,33-35,41H,4-5,18-27H2,(H,37,42). The van der Waals surface area contributed by atoms with Gasteiger partial charge >= 0.3 is 6.03 Å². The Balaban J connectivity index is 1.06. The van der Waals surface area contributed by atoms with Gasteiger partial charge in [-0.15, -0.1) is 0 Å². The van der Waals surface area contributed by atoms with Gasteiger partial charge in [-0.1, -0.05) is 42.2 Å². The molecular weight excluding hydrogens is 552 g/mol. The first-order valence-corrected chi connectivity index (χ1v) is 15.8. The van der Waals surface area contributed by atoms with Crippen LogP contribution in [-0.4, -0.2) is 104 Å². The average molecular weight is 595 g/mol. The highest BCUT2D eigenvalue weighted by Crippen LogP contribution is 2.42. The van der Waals surface area contributed by atoms with Gasteiger partial charge < -0.3 is 24.8 Å². The van der Waals surface area contributed by atoms with E-state index in [0.717, 1.165) is 74.8 Å². The zero-order valence-corrected chi connectivity index (χ0v) is 25.2. The van der Waals surface area contributed by atoms with E-state index in [0.29, 0.717) is 19.7 Å². The molecule has 3 heterocycles. The van der Waals surface area contributed by atoms with Gasteiger partial charge in [-0.3, -0.25) is 9.80 Å². The molecule has 6 rings (SSSR count). The third-order valence-corrected chi connectivity index (χ3v) is 8.96. The number of hydrogen-bond donors (Lipinski definition) is 2. The molecule has 3 unspecified atom stereocenters. The first-order valence-electron chi connectivity index (χ1n) is 15.8. The van der Waals surface area contributed by atoms with Crippen LogP contribution in [0.1, 0.15) is 35.4 Å². The SMILES string of the molecule is O=C(Nc1ccc(OCCN2CCOCC2)cc1)N1CCCCN2C(CO)C(c3ccc(C#Cc4ccccc4)cc3)C2C1. The van der Waals surface area contributed by atoms with E-state index in [9.17, 15) is 9.90 Å². The molecule has 0 aliphatic carbocycles. The summed E-state index contributed by atoms with van der Waals surface area (Å²) in [5, 5.41) is 13.4. The number of hydrogen-bond acceptors (Lipinski definition) is 6. The summed E-state index contributed by atoms with van der Waals surface area (Å²) in [6, 6.07) is 26.1. The number of rotatable bonds is 7. The number of amides is 2. The molecule has 0 saturated carbocycles. The summed E-state index contributed by atoms with van der Waals surface area (Å²) in [6.07, 6.45) is 1.93. The second kappa shape index (κ2) is 14.7. The van der Waals surface area contributed by atoms with Crippen LogP contribution in [0.3, 0.4) is 0 Å². The quantitative estimate of drug-likeness (QED) is 0.399. The number of urea groups is 1. The Morgan fingerprint density at radius 1 is 0.886 bits per heavy atom.